The number of benzene rings is 1. The number of halogens is 2. The van der Waals surface area contributed by atoms with Crippen molar-refractivity contribution < 1.29 is 9.90 Å². The van der Waals surface area contributed by atoms with Crippen LogP contribution in [0.3, 0.4) is 0 Å². The number of nitrogens with two attached hydrogens (primary N) is 1. The summed E-state index contributed by atoms with van der Waals surface area (Å²) in [6.07, 6.45) is 0. The lowest BCUT2D eigenvalue weighted by Crippen LogP contribution is -2.38. The number of hydrogen-bond donors (Lipinski definition) is 2. The van der Waals surface area contributed by atoms with Crippen LogP contribution in [0.15, 0.2) is 24.3 Å². The average Bonchev–Trinajstić information content (AvgIpc) is 2.04. The summed E-state index contributed by atoms with van der Waals surface area (Å²) in [5.41, 5.74) is 5.65. The summed E-state index contributed by atoms with van der Waals surface area (Å²) in [5.74, 6) is -1.29. The average molecular weight is 220 g/mol. The maximum Gasteiger partial charge on any atom is 0.344 e. The lowest BCUT2D eigenvalue weighted by atomic mass is 10.1. The van der Waals surface area contributed by atoms with Crippen LogP contribution >= 0.6 is 23.2 Å². The number of aliphatic carboxylic acids is 1. The molecule has 0 fully saturated rings. The summed E-state index contributed by atoms with van der Waals surface area (Å²) in [6.45, 7) is 0. The number of carboxylic acid groups (broad SMARTS) is 1. The highest BCUT2D eigenvalue weighted by Crippen LogP contribution is 2.24. The first-order chi connectivity index (χ1) is 5.94. The fourth-order valence-electron chi connectivity index (χ4n) is 0.816. The molecule has 3 nitrogen and oxygen atoms in total. The molecule has 0 aliphatic heterocycles. The molecule has 13 heavy (non-hydrogen) atoms. The van der Waals surface area contributed by atoms with Crippen LogP contribution in [0.5, 0.6) is 0 Å². The molecule has 1 unspecified atom stereocenters. The van der Waals surface area contributed by atoms with E-state index in [-0.39, 0.29) is 0 Å². The molecule has 5 heteroatoms. The summed E-state index contributed by atoms with van der Waals surface area (Å²) in [7, 11) is 0. The van der Waals surface area contributed by atoms with Gasteiger partial charge in [-0.05, 0) is 17.7 Å². The van der Waals surface area contributed by atoms with Gasteiger partial charge in [0.25, 0.3) is 0 Å². The number of alkyl halides is 1. The SMILES string of the molecule is NC(Cl)(C(=O)O)c1ccc(Cl)cc1. The third-order valence-corrected chi connectivity index (χ3v) is 2.21. The Bertz CT molecular complexity index is 321. The Hall–Kier alpha value is -0.770. The summed E-state index contributed by atoms with van der Waals surface area (Å²) in [5, 5.41) is 9.18. The van der Waals surface area contributed by atoms with E-state index in [1.54, 1.807) is 0 Å². The molecule has 0 saturated heterocycles. The third kappa shape index (κ3) is 2.12. The Morgan fingerprint density at radius 1 is 1.38 bits per heavy atom. The fourth-order valence-corrected chi connectivity index (χ4v) is 1.07. The highest BCUT2D eigenvalue weighted by atomic mass is 35.5. The minimum absolute atomic E-state index is 0.297. The third-order valence-electron chi connectivity index (χ3n) is 1.58. The quantitative estimate of drug-likeness (QED) is 0.589. The molecule has 1 aromatic rings. The smallest absolute Gasteiger partial charge is 0.344 e. The van der Waals surface area contributed by atoms with Crippen LogP contribution in [-0.2, 0) is 9.79 Å². The normalized spacial score (nSPS) is 15.0. The predicted molar refractivity (Wildman–Crippen MR) is 50.8 cm³/mol. The van der Waals surface area contributed by atoms with Crippen LogP contribution in [0.2, 0.25) is 5.02 Å². The van der Waals surface area contributed by atoms with E-state index in [4.69, 9.17) is 34.0 Å². The molecule has 0 heterocycles. The second-order valence-electron chi connectivity index (χ2n) is 2.52. The number of carboxylic acids is 1. The Balaban J connectivity index is 3.08. The summed E-state index contributed by atoms with van der Waals surface area (Å²) >= 11 is 11.2. The lowest BCUT2D eigenvalue weighted by molar-refractivity contribution is -0.140. The van der Waals surface area contributed by atoms with Gasteiger partial charge in [-0.1, -0.05) is 35.3 Å². The zero-order valence-corrected chi connectivity index (χ0v) is 8.01. The summed E-state index contributed by atoms with van der Waals surface area (Å²) < 4.78 is 0. The van der Waals surface area contributed by atoms with Crippen molar-refractivity contribution >= 4 is 29.2 Å². The first-order valence-electron chi connectivity index (χ1n) is 3.42. The summed E-state index contributed by atoms with van der Waals surface area (Å²) in [6, 6.07) is 6.01. The van der Waals surface area contributed by atoms with Gasteiger partial charge in [-0.25, -0.2) is 4.79 Å². The highest BCUT2D eigenvalue weighted by Gasteiger charge is 2.33. The highest BCUT2D eigenvalue weighted by molar-refractivity contribution is 6.33. The molecule has 0 aliphatic rings. The van der Waals surface area contributed by atoms with Crippen molar-refractivity contribution in [2.75, 3.05) is 0 Å². The number of carbonyl (C=O) groups is 1. The predicted octanol–water partition coefficient (Wildman–Crippen LogP) is 1.77. The largest absolute Gasteiger partial charge is 0.479 e. The Labute approximate surface area is 85.1 Å². The molecule has 0 radical (unpaired) electrons. The van der Waals surface area contributed by atoms with E-state index >= 15 is 0 Å². The van der Waals surface area contributed by atoms with E-state index in [1.807, 2.05) is 0 Å². The molecule has 0 amide bonds. The first-order valence-corrected chi connectivity index (χ1v) is 4.17. The zero-order chi connectivity index (χ0) is 10.1. The molecular formula is C8H7Cl2NO2. The van der Waals surface area contributed by atoms with Crippen LogP contribution in [0.4, 0.5) is 0 Å². The van der Waals surface area contributed by atoms with Crippen molar-refractivity contribution in [1.82, 2.24) is 0 Å². The molecule has 1 aromatic carbocycles. The first kappa shape index (κ1) is 10.3. The van der Waals surface area contributed by atoms with Gasteiger partial charge in [-0.2, -0.15) is 0 Å². The molecule has 1 atom stereocenters. The lowest BCUT2D eigenvalue weighted by Gasteiger charge is -2.16. The van der Waals surface area contributed by atoms with Gasteiger partial charge in [0.1, 0.15) is 0 Å². The summed E-state index contributed by atoms with van der Waals surface area (Å²) in [4.78, 5) is 8.73. The van der Waals surface area contributed by atoms with E-state index in [9.17, 15) is 4.79 Å². The van der Waals surface area contributed by atoms with E-state index < -0.39 is 11.0 Å². The molecule has 0 bridgehead atoms. The van der Waals surface area contributed by atoms with E-state index in [0.717, 1.165) is 0 Å². The van der Waals surface area contributed by atoms with Crippen molar-refractivity contribution in [3.8, 4) is 0 Å². The topological polar surface area (TPSA) is 63.3 Å². The zero-order valence-electron chi connectivity index (χ0n) is 6.50. The van der Waals surface area contributed by atoms with Crippen molar-refractivity contribution in [2.45, 2.75) is 5.00 Å². The van der Waals surface area contributed by atoms with Gasteiger partial charge >= 0.3 is 5.97 Å². The van der Waals surface area contributed by atoms with Crippen molar-refractivity contribution in [3.05, 3.63) is 34.9 Å². The van der Waals surface area contributed by atoms with Crippen molar-refractivity contribution in [1.29, 1.82) is 0 Å². The minimum atomic E-state index is -1.88. The Morgan fingerprint density at radius 2 is 1.85 bits per heavy atom. The number of rotatable bonds is 2. The molecule has 0 aromatic heterocycles. The maximum atomic E-state index is 10.6. The standard InChI is InChI=1S/C8H7Cl2NO2/c9-6-3-1-5(2-4-6)8(10,11)7(12)13/h1-4H,11H2,(H,12,13). The van der Waals surface area contributed by atoms with E-state index in [2.05, 4.69) is 0 Å². The van der Waals surface area contributed by atoms with Gasteiger partial charge in [0, 0.05) is 5.02 Å². The van der Waals surface area contributed by atoms with E-state index in [0.29, 0.717) is 10.6 Å². The van der Waals surface area contributed by atoms with Crippen LogP contribution in [-0.4, -0.2) is 11.1 Å². The second kappa shape index (κ2) is 3.54. The molecular weight excluding hydrogens is 213 g/mol. The van der Waals surface area contributed by atoms with Gasteiger partial charge in [-0.15, -0.1) is 0 Å². The van der Waals surface area contributed by atoms with Crippen LogP contribution < -0.4 is 5.73 Å². The Morgan fingerprint density at radius 3 is 2.23 bits per heavy atom. The molecule has 1 rings (SSSR count). The Kier molecular flexibility index (Phi) is 2.81. The molecule has 0 saturated carbocycles. The van der Waals surface area contributed by atoms with Gasteiger partial charge < -0.3 is 5.11 Å². The van der Waals surface area contributed by atoms with Gasteiger partial charge in [0.15, 0.2) is 0 Å². The van der Waals surface area contributed by atoms with Gasteiger partial charge in [-0.3, -0.25) is 5.73 Å². The molecule has 3 N–H and O–H groups in total. The van der Waals surface area contributed by atoms with Crippen LogP contribution in [0.25, 0.3) is 0 Å². The van der Waals surface area contributed by atoms with Crippen molar-refractivity contribution in [3.63, 3.8) is 0 Å². The van der Waals surface area contributed by atoms with Crippen molar-refractivity contribution in [2.24, 2.45) is 5.73 Å². The van der Waals surface area contributed by atoms with Crippen LogP contribution in [0, 0.1) is 0 Å². The van der Waals surface area contributed by atoms with Crippen LogP contribution in [0.1, 0.15) is 5.56 Å². The fraction of sp³-hybridized carbons (Fsp3) is 0.125. The molecule has 0 aliphatic carbocycles. The molecule has 70 valence electrons. The van der Waals surface area contributed by atoms with Gasteiger partial charge in [0.2, 0.25) is 5.00 Å². The number of hydrogen-bond acceptors (Lipinski definition) is 2. The second-order valence-corrected chi connectivity index (χ2v) is 3.56. The minimum Gasteiger partial charge on any atom is -0.479 e. The maximum absolute atomic E-state index is 10.6. The van der Waals surface area contributed by atoms with E-state index in [1.165, 1.54) is 24.3 Å². The monoisotopic (exact) mass is 219 g/mol. The molecule has 0 spiro atoms. The van der Waals surface area contributed by atoms with Gasteiger partial charge in [0.05, 0.1) is 0 Å².